The molecule has 0 radical (unpaired) electrons. The third kappa shape index (κ3) is 3.06. The van der Waals surface area contributed by atoms with Gasteiger partial charge in [0.25, 0.3) is 0 Å². The van der Waals surface area contributed by atoms with Crippen LogP contribution >= 0.6 is 0 Å². The van der Waals surface area contributed by atoms with E-state index >= 15 is 0 Å². The maximum absolute atomic E-state index is 12.6. The average molecular weight is 309 g/mol. The largest absolute Gasteiger partial charge is 0.398 e. The monoisotopic (exact) mass is 309 g/mol. The molecule has 0 fully saturated rings. The fourth-order valence-corrected chi connectivity index (χ4v) is 3.17. The number of anilines is 1. The Morgan fingerprint density at radius 2 is 1.95 bits per heavy atom. The molecule has 0 spiro atoms. The number of aryl methyl sites for hydroxylation is 2. The summed E-state index contributed by atoms with van der Waals surface area (Å²) in [6.45, 7) is 5.55. The highest BCUT2D eigenvalue weighted by Gasteiger charge is 2.23. The summed E-state index contributed by atoms with van der Waals surface area (Å²) in [5.41, 5.74) is 8.06. The Hall–Kier alpha value is -1.93. The molecule has 0 saturated heterocycles. The zero-order valence-corrected chi connectivity index (χ0v) is 13.3. The SMILES string of the molecule is Cc1nc(CN(C)S(=O)(=O)c2cc(C)c(C)c(N)c2)n[nH]1. The van der Waals surface area contributed by atoms with E-state index in [9.17, 15) is 8.42 Å². The second-order valence-corrected chi connectivity index (χ2v) is 7.10. The molecular weight excluding hydrogens is 290 g/mol. The first-order valence-corrected chi connectivity index (χ1v) is 7.86. The maximum atomic E-state index is 12.6. The van der Waals surface area contributed by atoms with Crippen LogP contribution in [0.1, 0.15) is 22.8 Å². The molecule has 1 aromatic heterocycles. The minimum Gasteiger partial charge on any atom is -0.398 e. The van der Waals surface area contributed by atoms with Gasteiger partial charge in [-0.2, -0.15) is 9.40 Å². The Morgan fingerprint density at radius 1 is 1.29 bits per heavy atom. The highest BCUT2D eigenvalue weighted by Crippen LogP contribution is 2.24. The van der Waals surface area contributed by atoms with Gasteiger partial charge in [0.1, 0.15) is 5.82 Å². The lowest BCUT2D eigenvalue weighted by atomic mass is 10.1. The summed E-state index contributed by atoms with van der Waals surface area (Å²) in [6, 6.07) is 3.11. The fraction of sp³-hybridized carbons (Fsp3) is 0.385. The highest BCUT2D eigenvalue weighted by atomic mass is 32.2. The molecule has 8 heteroatoms. The van der Waals surface area contributed by atoms with Crippen LogP contribution in [-0.2, 0) is 16.6 Å². The van der Waals surface area contributed by atoms with E-state index in [0.29, 0.717) is 17.3 Å². The maximum Gasteiger partial charge on any atom is 0.243 e. The number of sulfonamides is 1. The molecular formula is C13H19N5O2S. The van der Waals surface area contributed by atoms with Crippen LogP contribution in [0.5, 0.6) is 0 Å². The molecule has 21 heavy (non-hydrogen) atoms. The minimum absolute atomic E-state index is 0.0967. The molecule has 2 rings (SSSR count). The molecule has 1 aromatic carbocycles. The van der Waals surface area contributed by atoms with Gasteiger partial charge in [0.15, 0.2) is 5.82 Å². The lowest BCUT2D eigenvalue weighted by molar-refractivity contribution is 0.457. The predicted molar refractivity (Wildman–Crippen MR) is 80.1 cm³/mol. The lowest BCUT2D eigenvalue weighted by Gasteiger charge is -2.17. The zero-order chi connectivity index (χ0) is 15.8. The van der Waals surface area contributed by atoms with Gasteiger partial charge in [-0.25, -0.2) is 13.4 Å². The van der Waals surface area contributed by atoms with Gasteiger partial charge in [0.2, 0.25) is 10.0 Å². The van der Waals surface area contributed by atoms with Crippen molar-refractivity contribution in [2.45, 2.75) is 32.2 Å². The van der Waals surface area contributed by atoms with E-state index in [4.69, 9.17) is 5.73 Å². The zero-order valence-electron chi connectivity index (χ0n) is 12.5. The van der Waals surface area contributed by atoms with Gasteiger partial charge in [-0.05, 0) is 44.0 Å². The fourth-order valence-electron chi connectivity index (χ4n) is 1.93. The number of aromatic nitrogens is 3. The summed E-state index contributed by atoms with van der Waals surface area (Å²) in [5.74, 6) is 1.07. The second kappa shape index (κ2) is 5.45. The van der Waals surface area contributed by atoms with E-state index in [2.05, 4.69) is 15.2 Å². The van der Waals surface area contributed by atoms with Crippen molar-refractivity contribution in [3.05, 3.63) is 34.9 Å². The second-order valence-electron chi connectivity index (χ2n) is 5.05. The summed E-state index contributed by atoms with van der Waals surface area (Å²) in [5, 5.41) is 6.63. The molecule has 0 aliphatic carbocycles. The van der Waals surface area contributed by atoms with Gasteiger partial charge in [-0.3, -0.25) is 5.10 Å². The third-order valence-corrected chi connectivity index (χ3v) is 5.18. The van der Waals surface area contributed by atoms with Gasteiger partial charge in [-0.1, -0.05) is 0 Å². The van der Waals surface area contributed by atoms with Crippen LogP contribution in [0.2, 0.25) is 0 Å². The first kappa shape index (κ1) is 15.5. The Labute approximate surface area is 124 Å². The summed E-state index contributed by atoms with van der Waals surface area (Å²) in [7, 11) is -2.14. The van der Waals surface area contributed by atoms with Gasteiger partial charge in [-0.15, -0.1) is 0 Å². The van der Waals surface area contributed by atoms with Crippen molar-refractivity contribution in [2.24, 2.45) is 0 Å². The van der Waals surface area contributed by atoms with Gasteiger partial charge in [0.05, 0.1) is 11.4 Å². The summed E-state index contributed by atoms with van der Waals surface area (Å²) in [4.78, 5) is 4.29. The molecule has 0 saturated carbocycles. The molecule has 2 aromatic rings. The number of benzene rings is 1. The van der Waals surface area contributed by atoms with E-state index in [0.717, 1.165) is 11.1 Å². The van der Waals surface area contributed by atoms with Crippen LogP contribution in [0.3, 0.4) is 0 Å². The van der Waals surface area contributed by atoms with Crippen molar-refractivity contribution in [1.29, 1.82) is 0 Å². The van der Waals surface area contributed by atoms with Crippen molar-refractivity contribution in [3.63, 3.8) is 0 Å². The number of H-pyrrole nitrogens is 1. The highest BCUT2D eigenvalue weighted by molar-refractivity contribution is 7.89. The van der Waals surface area contributed by atoms with Crippen LogP contribution in [0.15, 0.2) is 17.0 Å². The predicted octanol–water partition coefficient (Wildman–Crippen LogP) is 1.13. The Kier molecular flexibility index (Phi) is 4.02. The van der Waals surface area contributed by atoms with Crippen LogP contribution in [0.25, 0.3) is 0 Å². The number of nitrogens with one attached hydrogen (secondary N) is 1. The van der Waals surface area contributed by atoms with E-state index in [-0.39, 0.29) is 11.4 Å². The molecule has 0 bridgehead atoms. The van der Waals surface area contributed by atoms with E-state index < -0.39 is 10.0 Å². The average Bonchev–Trinajstić information content (AvgIpc) is 2.80. The number of nitrogens with two attached hydrogens (primary N) is 1. The summed E-state index contributed by atoms with van der Waals surface area (Å²) in [6.07, 6.45) is 0. The molecule has 0 aliphatic heterocycles. The quantitative estimate of drug-likeness (QED) is 0.824. The van der Waals surface area contributed by atoms with Crippen molar-refractivity contribution in [2.75, 3.05) is 12.8 Å². The molecule has 1 heterocycles. The lowest BCUT2D eigenvalue weighted by Crippen LogP contribution is -2.27. The molecule has 114 valence electrons. The van der Waals surface area contributed by atoms with Crippen LogP contribution in [-0.4, -0.2) is 35.0 Å². The first-order chi connectivity index (χ1) is 9.71. The Bertz CT molecular complexity index is 744. The number of hydrogen-bond donors (Lipinski definition) is 2. The standard InChI is InChI=1S/C13H19N5O2S/c1-8-5-11(6-12(14)9(8)2)21(19,20)18(4)7-13-15-10(3)16-17-13/h5-6H,7,14H2,1-4H3,(H,15,16,17). The molecule has 0 amide bonds. The molecule has 0 atom stereocenters. The number of aromatic amines is 1. The summed E-state index contributed by atoms with van der Waals surface area (Å²) < 4.78 is 26.3. The smallest absolute Gasteiger partial charge is 0.243 e. The van der Waals surface area contributed by atoms with Crippen molar-refractivity contribution in [1.82, 2.24) is 19.5 Å². The van der Waals surface area contributed by atoms with Gasteiger partial charge < -0.3 is 5.73 Å². The topological polar surface area (TPSA) is 105 Å². The van der Waals surface area contributed by atoms with Crippen LogP contribution in [0, 0.1) is 20.8 Å². The number of nitrogen functional groups attached to an aromatic ring is 1. The molecule has 0 aliphatic rings. The third-order valence-electron chi connectivity index (χ3n) is 3.40. The molecule has 0 unspecified atom stereocenters. The van der Waals surface area contributed by atoms with E-state index in [1.54, 1.807) is 13.0 Å². The van der Waals surface area contributed by atoms with Gasteiger partial charge in [0, 0.05) is 12.7 Å². The van der Waals surface area contributed by atoms with Crippen LogP contribution < -0.4 is 5.73 Å². The first-order valence-electron chi connectivity index (χ1n) is 6.42. The van der Waals surface area contributed by atoms with Crippen molar-refractivity contribution >= 4 is 15.7 Å². The van der Waals surface area contributed by atoms with E-state index in [1.165, 1.54) is 17.4 Å². The number of nitrogens with zero attached hydrogens (tertiary/aromatic N) is 3. The number of rotatable bonds is 4. The number of hydrogen-bond acceptors (Lipinski definition) is 5. The van der Waals surface area contributed by atoms with Crippen molar-refractivity contribution < 1.29 is 8.42 Å². The van der Waals surface area contributed by atoms with Crippen LogP contribution in [0.4, 0.5) is 5.69 Å². The molecule has 3 N–H and O–H groups in total. The minimum atomic E-state index is -3.63. The summed E-state index contributed by atoms with van der Waals surface area (Å²) >= 11 is 0. The Morgan fingerprint density at radius 3 is 2.48 bits per heavy atom. The van der Waals surface area contributed by atoms with Gasteiger partial charge >= 0.3 is 0 Å². The Balaban J connectivity index is 2.33. The van der Waals surface area contributed by atoms with Crippen molar-refractivity contribution in [3.8, 4) is 0 Å². The normalized spacial score (nSPS) is 12.0. The molecule has 7 nitrogen and oxygen atoms in total. The van der Waals surface area contributed by atoms with E-state index in [1.807, 2.05) is 13.8 Å².